The first kappa shape index (κ1) is 11.9. The summed E-state index contributed by atoms with van der Waals surface area (Å²) in [7, 11) is 4.01. The highest BCUT2D eigenvalue weighted by atomic mass is 32.1. The molecule has 5 heteroatoms. The van der Waals surface area contributed by atoms with Crippen molar-refractivity contribution in [3.8, 4) is 0 Å². The Balaban J connectivity index is 2.11. The maximum absolute atomic E-state index is 4.37. The van der Waals surface area contributed by atoms with Gasteiger partial charge in [-0.15, -0.1) is 0 Å². The number of aromatic nitrogens is 2. The van der Waals surface area contributed by atoms with Crippen LogP contribution in [0.4, 0.5) is 11.5 Å². The number of nitrogens with zero attached hydrogens (tertiary/aromatic N) is 3. The third-order valence-electron chi connectivity index (χ3n) is 2.51. The van der Waals surface area contributed by atoms with Crippen molar-refractivity contribution in [2.45, 2.75) is 13.5 Å². The zero-order chi connectivity index (χ0) is 12.3. The Kier molecular flexibility index (Phi) is 3.58. The molecule has 0 fully saturated rings. The highest BCUT2D eigenvalue weighted by Gasteiger charge is 2.06. The van der Waals surface area contributed by atoms with E-state index < -0.39 is 0 Å². The van der Waals surface area contributed by atoms with Crippen LogP contribution in [0.5, 0.6) is 0 Å². The second kappa shape index (κ2) is 5.14. The smallest absolute Gasteiger partial charge is 0.132 e. The van der Waals surface area contributed by atoms with Crippen molar-refractivity contribution in [2.75, 3.05) is 24.3 Å². The SMILES string of the molecule is Cc1nscc1NCc1cccnc1N(C)C. The summed E-state index contributed by atoms with van der Waals surface area (Å²) >= 11 is 1.47. The van der Waals surface area contributed by atoms with Gasteiger partial charge in [-0.2, -0.15) is 4.37 Å². The number of aryl methyl sites for hydroxylation is 1. The first-order valence-electron chi connectivity index (χ1n) is 5.44. The molecule has 0 spiro atoms. The van der Waals surface area contributed by atoms with Gasteiger partial charge in [0.2, 0.25) is 0 Å². The van der Waals surface area contributed by atoms with E-state index >= 15 is 0 Å². The van der Waals surface area contributed by atoms with E-state index in [0.29, 0.717) is 0 Å². The molecule has 2 aromatic rings. The maximum Gasteiger partial charge on any atom is 0.132 e. The van der Waals surface area contributed by atoms with Gasteiger partial charge in [0.25, 0.3) is 0 Å². The van der Waals surface area contributed by atoms with Crippen molar-refractivity contribution in [1.82, 2.24) is 9.36 Å². The van der Waals surface area contributed by atoms with Gasteiger partial charge in [0, 0.05) is 37.8 Å². The van der Waals surface area contributed by atoms with Crippen LogP contribution in [0.2, 0.25) is 0 Å². The number of hydrogen-bond donors (Lipinski definition) is 1. The van der Waals surface area contributed by atoms with E-state index in [0.717, 1.165) is 23.7 Å². The highest BCUT2D eigenvalue weighted by molar-refractivity contribution is 7.04. The van der Waals surface area contributed by atoms with Crippen LogP contribution in [-0.4, -0.2) is 23.5 Å². The van der Waals surface area contributed by atoms with E-state index in [9.17, 15) is 0 Å². The molecule has 0 radical (unpaired) electrons. The highest BCUT2D eigenvalue weighted by Crippen LogP contribution is 2.19. The number of rotatable bonds is 4. The lowest BCUT2D eigenvalue weighted by Crippen LogP contribution is -2.14. The van der Waals surface area contributed by atoms with E-state index in [1.807, 2.05) is 43.6 Å². The fraction of sp³-hybridized carbons (Fsp3) is 0.333. The van der Waals surface area contributed by atoms with Gasteiger partial charge >= 0.3 is 0 Å². The molecule has 0 aliphatic carbocycles. The molecule has 0 bridgehead atoms. The molecule has 90 valence electrons. The third kappa shape index (κ3) is 2.74. The summed E-state index contributed by atoms with van der Waals surface area (Å²) in [6.45, 7) is 2.77. The largest absolute Gasteiger partial charge is 0.379 e. The van der Waals surface area contributed by atoms with Crippen molar-refractivity contribution >= 4 is 23.0 Å². The van der Waals surface area contributed by atoms with Crippen LogP contribution in [0.3, 0.4) is 0 Å². The Labute approximate surface area is 105 Å². The molecule has 2 aromatic heterocycles. The number of anilines is 2. The van der Waals surface area contributed by atoms with Crippen LogP contribution in [0.1, 0.15) is 11.3 Å². The summed E-state index contributed by atoms with van der Waals surface area (Å²) in [6, 6.07) is 4.05. The van der Waals surface area contributed by atoms with Crippen LogP contribution in [0.15, 0.2) is 23.7 Å². The van der Waals surface area contributed by atoms with Crippen molar-refractivity contribution in [3.05, 3.63) is 35.0 Å². The molecular formula is C12H16N4S. The monoisotopic (exact) mass is 248 g/mol. The van der Waals surface area contributed by atoms with Gasteiger partial charge in [-0.05, 0) is 24.5 Å². The molecule has 0 saturated heterocycles. The lowest BCUT2D eigenvalue weighted by molar-refractivity contribution is 1.01. The molecule has 0 atom stereocenters. The number of hydrogen-bond acceptors (Lipinski definition) is 5. The molecule has 0 unspecified atom stereocenters. The minimum Gasteiger partial charge on any atom is -0.379 e. The van der Waals surface area contributed by atoms with Gasteiger partial charge in [-0.3, -0.25) is 0 Å². The molecule has 0 aliphatic rings. The van der Waals surface area contributed by atoms with Gasteiger partial charge in [0.15, 0.2) is 0 Å². The van der Waals surface area contributed by atoms with Crippen molar-refractivity contribution < 1.29 is 0 Å². The van der Waals surface area contributed by atoms with Crippen LogP contribution in [0, 0.1) is 6.92 Å². The topological polar surface area (TPSA) is 41.1 Å². The fourth-order valence-electron chi connectivity index (χ4n) is 1.62. The minimum absolute atomic E-state index is 0.764. The normalized spacial score (nSPS) is 10.3. The summed E-state index contributed by atoms with van der Waals surface area (Å²) in [5.74, 6) is 1.00. The first-order valence-corrected chi connectivity index (χ1v) is 6.28. The standard InChI is InChI=1S/C12H16N4S/c1-9-11(8-17-15-9)14-7-10-5-4-6-13-12(10)16(2)3/h4-6,8,14H,7H2,1-3H3. The van der Waals surface area contributed by atoms with E-state index in [1.54, 1.807) is 0 Å². The Morgan fingerprint density at radius 2 is 2.24 bits per heavy atom. The summed E-state index contributed by atoms with van der Waals surface area (Å²) in [4.78, 5) is 6.40. The minimum atomic E-state index is 0.764. The second-order valence-electron chi connectivity index (χ2n) is 4.05. The molecule has 0 saturated carbocycles. The van der Waals surface area contributed by atoms with Gasteiger partial charge in [-0.25, -0.2) is 4.98 Å². The van der Waals surface area contributed by atoms with Crippen molar-refractivity contribution in [1.29, 1.82) is 0 Å². The van der Waals surface area contributed by atoms with Gasteiger partial charge < -0.3 is 10.2 Å². The van der Waals surface area contributed by atoms with Gasteiger partial charge in [0.1, 0.15) is 5.82 Å². The number of pyridine rings is 1. The zero-order valence-electron chi connectivity index (χ0n) is 10.3. The summed E-state index contributed by atoms with van der Waals surface area (Å²) in [6.07, 6.45) is 1.82. The molecule has 2 rings (SSSR count). The van der Waals surface area contributed by atoms with E-state index in [1.165, 1.54) is 17.1 Å². The quantitative estimate of drug-likeness (QED) is 0.902. The van der Waals surface area contributed by atoms with E-state index in [-0.39, 0.29) is 0 Å². The fourth-order valence-corrected chi connectivity index (χ4v) is 2.29. The van der Waals surface area contributed by atoms with Crippen LogP contribution >= 0.6 is 11.5 Å². The van der Waals surface area contributed by atoms with Gasteiger partial charge in [-0.1, -0.05) is 6.07 Å². The predicted molar refractivity (Wildman–Crippen MR) is 72.7 cm³/mol. The van der Waals surface area contributed by atoms with E-state index in [2.05, 4.69) is 20.7 Å². The molecule has 17 heavy (non-hydrogen) atoms. The molecular weight excluding hydrogens is 232 g/mol. The zero-order valence-corrected chi connectivity index (χ0v) is 11.1. The average molecular weight is 248 g/mol. The predicted octanol–water partition coefficient (Wildman–Crippen LogP) is 2.52. The van der Waals surface area contributed by atoms with Gasteiger partial charge in [0.05, 0.1) is 11.4 Å². The lowest BCUT2D eigenvalue weighted by Gasteiger charge is -2.16. The van der Waals surface area contributed by atoms with Crippen LogP contribution in [0.25, 0.3) is 0 Å². The van der Waals surface area contributed by atoms with Crippen LogP contribution in [-0.2, 0) is 6.54 Å². The summed E-state index contributed by atoms with van der Waals surface area (Å²) in [5, 5.41) is 5.41. The molecule has 0 amide bonds. The Hall–Kier alpha value is -1.62. The molecule has 0 aliphatic heterocycles. The summed E-state index contributed by atoms with van der Waals surface area (Å²) in [5.41, 5.74) is 3.33. The Bertz CT molecular complexity index is 493. The summed E-state index contributed by atoms with van der Waals surface area (Å²) < 4.78 is 4.24. The third-order valence-corrected chi connectivity index (χ3v) is 3.23. The molecule has 2 heterocycles. The van der Waals surface area contributed by atoms with Crippen molar-refractivity contribution in [3.63, 3.8) is 0 Å². The van der Waals surface area contributed by atoms with Crippen LogP contribution < -0.4 is 10.2 Å². The Morgan fingerprint density at radius 3 is 2.88 bits per heavy atom. The Morgan fingerprint density at radius 1 is 1.41 bits per heavy atom. The first-order chi connectivity index (χ1) is 8.18. The average Bonchev–Trinajstić information content (AvgIpc) is 2.72. The molecule has 4 nitrogen and oxygen atoms in total. The second-order valence-corrected chi connectivity index (χ2v) is 4.68. The molecule has 0 aromatic carbocycles. The van der Waals surface area contributed by atoms with Crippen molar-refractivity contribution in [2.24, 2.45) is 0 Å². The van der Waals surface area contributed by atoms with E-state index in [4.69, 9.17) is 0 Å². The lowest BCUT2D eigenvalue weighted by atomic mass is 10.2. The molecule has 1 N–H and O–H groups in total. The maximum atomic E-state index is 4.37. The number of nitrogens with one attached hydrogen (secondary N) is 1.